The van der Waals surface area contributed by atoms with E-state index in [1.807, 2.05) is 105 Å². The van der Waals surface area contributed by atoms with E-state index in [2.05, 4.69) is 74.0 Å². The lowest BCUT2D eigenvalue weighted by Crippen LogP contribution is -2.30. The molecule has 3 heterocycles. The van der Waals surface area contributed by atoms with Gasteiger partial charge >= 0.3 is 0 Å². The fraction of sp³-hybridized carbons (Fsp3) is 0.306. The third kappa shape index (κ3) is 11.5. The van der Waals surface area contributed by atoms with Gasteiger partial charge in [-0.3, -0.25) is 4.79 Å². The average Bonchev–Trinajstić information content (AvgIpc) is 3.66. The lowest BCUT2D eigenvalue weighted by molar-refractivity contribution is -0.121. The summed E-state index contributed by atoms with van der Waals surface area (Å²) in [7, 11) is 9.04. The molecule has 0 aliphatic carbocycles. The second-order valence-corrected chi connectivity index (χ2v) is 15.8. The molecule has 2 unspecified atom stereocenters. The number of ether oxygens (including phenoxy) is 3. The molecule has 7 aromatic rings. The molecule has 3 aromatic heterocycles. The number of nitrogens with one attached hydrogen (secondary N) is 3. The Morgan fingerprint density at radius 3 is 2.10 bits per heavy atom. The molecule has 0 fully saturated rings. The van der Waals surface area contributed by atoms with E-state index in [9.17, 15) is 4.79 Å². The Kier molecular flexibility index (Phi) is 14.1. The van der Waals surface area contributed by atoms with Gasteiger partial charge in [0.15, 0.2) is 0 Å². The number of carbonyl (C=O) groups excluding carboxylic acids is 1. The van der Waals surface area contributed by atoms with Gasteiger partial charge < -0.3 is 39.6 Å². The highest BCUT2D eigenvalue weighted by molar-refractivity contribution is 5.82. The Labute approximate surface area is 369 Å². The zero-order chi connectivity index (χ0) is 44.5. The van der Waals surface area contributed by atoms with Gasteiger partial charge in [-0.25, -0.2) is 24.9 Å². The maximum atomic E-state index is 13.5. The van der Waals surface area contributed by atoms with E-state index in [1.54, 1.807) is 21.3 Å². The van der Waals surface area contributed by atoms with Crippen LogP contribution in [0.15, 0.2) is 103 Å². The van der Waals surface area contributed by atoms with Gasteiger partial charge in [-0.05, 0) is 106 Å². The van der Waals surface area contributed by atoms with Crippen LogP contribution in [0.2, 0.25) is 0 Å². The normalized spacial score (nSPS) is 12.2. The highest BCUT2D eigenvalue weighted by Crippen LogP contribution is 2.30. The van der Waals surface area contributed by atoms with Crippen LogP contribution in [0.25, 0.3) is 33.5 Å². The number of imidazole rings is 1. The van der Waals surface area contributed by atoms with Crippen molar-refractivity contribution in [2.45, 2.75) is 52.2 Å². The first-order valence-electron chi connectivity index (χ1n) is 21.0. The molecule has 0 spiro atoms. The SMILES string of the molecule is COc1cccc(-c2cc(NC(CC(=O)NCCCN(C)Cc3cc(OC)cc(C(C)Nc4cc(-c5ccc6ncn(C)c6c5)nc(C)n4)c3)c3cccc(OC)c3)nc(C)n2)c1. The molecule has 0 radical (unpaired) electrons. The molecule has 326 valence electrons. The van der Waals surface area contributed by atoms with Crippen LogP contribution in [0.1, 0.15) is 60.2 Å². The fourth-order valence-corrected chi connectivity index (χ4v) is 7.61. The lowest BCUT2D eigenvalue weighted by atomic mass is 10.0. The highest BCUT2D eigenvalue weighted by atomic mass is 16.5. The van der Waals surface area contributed by atoms with Gasteiger partial charge in [-0.15, -0.1) is 0 Å². The van der Waals surface area contributed by atoms with Gasteiger partial charge in [0.2, 0.25) is 5.91 Å². The number of nitrogens with zero attached hydrogens (tertiary/aromatic N) is 7. The molecule has 0 saturated carbocycles. The van der Waals surface area contributed by atoms with Crippen LogP contribution in [0.5, 0.6) is 17.2 Å². The Morgan fingerprint density at radius 1 is 0.730 bits per heavy atom. The van der Waals surface area contributed by atoms with Crippen LogP contribution in [0.4, 0.5) is 11.6 Å². The minimum Gasteiger partial charge on any atom is -0.497 e. The maximum absolute atomic E-state index is 13.5. The summed E-state index contributed by atoms with van der Waals surface area (Å²) in [4.78, 5) is 39.0. The number of benzene rings is 4. The van der Waals surface area contributed by atoms with E-state index in [-0.39, 0.29) is 24.4 Å². The largest absolute Gasteiger partial charge is 0.497 e. The quantitative estimate of drug-likeness (QED) is 0.0669. The van der Waals surface area contributed by atoms with Crippen molar-refractivity contribution in [3.05, 3.63) is 132 Å². The molecule has 0 bridgehead atoms. The molecular formula is C49H56N10O4. The molecule has 0 saturated heterocycles. The van der Waals surface area contributed by atoms with Crippen molar-refractivity contribution in [2.75, 3.05) is 52.1 Å². The zero-order valence-corrected chi connectivity index (χ0v) is 37.3. The molecule has 7 rings (SSSR count). The van der Waals surface area contributed by atoms with Gasteiger partial charge in [-0.2, -0.15) is 0 Å². The Bertz CT molecular complexity index is 2680. The minimum absolute atomic E-state index is 0.0651. The molecule has 14 nitrogen and oxygen atoms in total. The topological polar surface area (TPSA) is 153 Å². The summed E-state index contributed by atoms with van der Waals surface area (Å²) in [5, 5.41) is 10.3. The second kappa shape index (κ2) is 20.2. The van der Waals surface area contributed by atoms with Crippen molar-refractivity contribution in [1.29, 1.82) is 0 Å². The van der Waals surface area contributed by atoms with Crippen molar-refractivity contribution >= 4 is 28.6 Å². The van der Waals surface area contributed by atoms with Crippen LogP contribution in [-0.4, -0.2) is 81.8 Å². The van der Waals surface area contributed by atoms with Crippen LogP contribution >= 0.6 is 0 Å². The Morgan fingerprint density at radius 2 is 1.38 bits per heavy atom. The number of fused-ring (bicyclic) bond motifs is 1. The summed E-state index contributed by atoms with van der Waals surface area (Å²) in [5.74, 6) is 4.80. The number of carbonyl (C=O) groups is 1. The first-order valence-corrected chi connectivity index (χ1v) is 21.0. The smallest absolute Gasteiger partial charge is 0.222 e. The number of aryl methyl sites for hydroxylation is 3. The predicted molar refractivity (Wildman–Crippen MR) is 248 cm³/mol. The average molecular weight is 849 g/mol. The van der Waals surface area contributed by atoms with Crippen LogP contribution in [0, 0.1) is 13.8 Å². The number of anilines is 2. The van der Waals surface area contributed by atoms with Crippen molar-refractivity contribution in [3.8, 4) is 39.8 Å². The van der Waals surface area contributed by atoms with Gasteiger partial charge in [0, 0.05) is 43.4 Å². The van der Waals surface area contributed by atoms with Gasteiger partial charge in [-0.1, -0.05) is 36.4 Å². The first-order chi connectivity index (χ1) is 30.5. The number of hydrogen-bond acceptors (Lipinski definition) is 12. The molecule has 0 aliphatic rings. The molecule has 63 heavy (non-hydrogen) atoms. The fourth-order valence-electron chi connectivity index (χ4n) is 7.61. The van der Waals surface area contributed by atoms with Gasteiger partial charge in [0.05, 0.1) is 68.6 Å². The van der Waals surface area contributed by atoms with Crippen molar-refractivity contribution in [2.24, 2.45) is 7.05 Å². The molecule has 0 aliphatic heterocycles. The first kappa shape index (κ1) is 44.0. The van der Waals surface area contributed by atoms with Crippen LogP contribution in [-0.2, 0) is 18.4 Å². The van der Waals surface area contributed by atoms with E-state index in [0.717, 1.165) is 80.5 Å². The van der Waals surface area contributed by atoms with Gasteiger partial charge in [0.1, 0.15) is 40.5 Å². The second-order valence-electron chi connectivity index (χ2n) is 15.8. The molecule has 3 N–H and O–H groups in total. The summed E-state index contributed by atoms with van der Waals surface area (Å²) < 4.78 is 18.7. The molecule has 4 aromatic carbocycles. The van der Waals surface area contributed by atoms with E-state index in [1.165, 1.54) is 0 Å². The van der Waals surface area contributed by atoms with E-state index < -0.39 is 0 Å². The van der Waals surface area contributed by atoms with Crippen molar-refractivity contribution in [3.63, 3.8) is 0 Å². The standard InChI is InChI=1S/C49H56N10O4/c1-31(52-47-26-44(54-32(2)55-47)37-16-17-42-46(25-37)59(5)30-51-42)38-20-34(21-41(24-38)63-8)29-58(4)19-11-18-50-49(60)28-45(36-13-10-15-40(23-36)62-7)57-48-27-43(53-33(3)56-48)35-12-9-14-39(22-35)61-6/h9-10,12-17,20-27,30-31,45H,11,18-19,28-29H2,1-8H3,(H,50,60)(H,52,54,55)(H,53,56,57). The van der Waals surface area contributed by atoms with Crippen molar-refractivity contribution in [1.82, 2.24) is 39.7 Å². The van der Waals surface area contributed by atoms with Crippen molar-refractivity contribution < 1.29 is 19.0 Å². The van der Waals surface area contributed by atoms with Gasteiger partial charge in [0.25, 0.3) is 0 Å². The molecule has 1 amide bonds. The van der Waals surface area contributed by atoms with E-state index in [0.29, 0.717) is 36.3 Å². The van der Waals surface area contributed by atoms with E-state index in [4.69, 9.17) is 24.2 Å². The zero-order valence-electron chi connectivity index (χ0n) is 37.3. The Balaban J connectivity index is 0.954. The Hall–Kier alpha value is -7.06. The predicted octanol–water partition coefficient (Wildman–Crippen LogP) is 8.48. The third-order valence-electron chi connectivity index (χ3n) is 10.9. The molecule has 14 heteroatoms. The molecular weight excluding hydrogens is 793 g/mol. The third-order valence-corrected chi connectivity index (χ3v) is 10.9. The highest BCUT2D eigenvalue weighted by Gasteiger charge is 2.19. The number of methoxy groups -OCH3 is 3. The number of rotatable bonds is 19. The summed E-state index contributed by atoms with van der Waals surface area (Å²) in [6.07, 6.45) is 2.78. The summed E-state index contributed by atoms with van der Waals surface area (Å²) in [6.45, 7) is 7.89. The summed E-state index contributed by atoms with van der Waals surface area (Å²) in [6, 6.07) is 31.4. The minimum atomic E-state index is -0.378. The summed E-state index contributed by atoms with van der Waals surface area (Å²) >= 11 is 0. The van der Waals surface area contributed by atoms with Crippen LogP contribution in [0.3, 0.4) is 0 Å². The van der Waals surface area contributed by atoms with Crippen LogP contribution < -0.4 is 30.2 Å². The maximum Gasteiger partial charge on any atom is 0.222 e. The lowest BCUT2D eigenvalue weighted by Gasteiger charge is -2.22. The summed E-state index contributed by atoms with van der Waals surface area (Å²) in [5.41, 5.74) is 8.59. The molecule has 2 atom stereocenters. The van der Waals surface area contributed by atoms with E-state index >= 15 is 0 Å². The number of amides is 1. The monoisotopic (exact) mass is 848 g/mol. The number of aromatic nitrogens is 6. The number of hydrogen-bond donors (Lipinski definition) is 3.